The van der Waals surface area contributed by atoms with Gasteiger partial charge in [0.15, 0.2) is 0 Å². The van der Waals surface area contributed by atoms with Gasteiger partial charge in [0, 0.05) is 28.1 Å². The van der Waals surface area contributed by atoms with Crippen LogP contribution in [0.1, 0.15) is 0 Å². The first-order chi connectivity index (χ1) is 12.9. The Morgan fingerprint density at radius 1 is 0.926 bits per heavy atom. The van der Waals surface area contributed by atoms with E-state index in [1.807, 2.05) is 66.2 Å². The molecule has 136 valence electrons. The largest absolute Gasteiger partial charge is 0.398 e. The number of halogens is 1. The fourth-order valence-corrected chi connectivity index (χ4v) is 5.60. The Bertz CT molecular complexity index is 1260. The second-order valence-corrected chi connectivity index (χ2v) is 9.05. The molecule has 0 radical (unpaired) electrons. The van der Waals surface area contributed by atoms with Crippen molar-refractivity contribution < 1.29 is 8.42 Å². The number of nitrogen functional groups attached to an aromatic ring is 1. The summed E-state index contributed by atoms with van der Waals surface area (Å²) in [5.41, 5.74) is 8.72. The molecule has 0 amide bonds. The van der Waals surface area contributed by atoms with Gasteiger partial charge in [0.05, 0.1) is 10.6 Å². The van der Waals surface area contributed by atoms with Gasteiger partial charge in [0.25, 0.3) is 0 Å². The number of fused-ring (bicyclic) bond motifs is 1. The highest BCUT2D eigenvalue weighted by Crippen LogP contribution is 2.39. The first-order valence-corrected chi connectivity index (χ1v) is 10.6. The Morgan fingerprint density at radius 2 is 1.59 bits per heavy atom. The first kappa shape index (κ1) is 17.8. The molecule has 2 N–H and O–H groups in total. The molecule has 0 unspecified atom stereocenters. The van der Waals surface area contributed by atoms with Crippen LogP contribution in [0.4, 0.5) is 5.69 Å². The maximum absolute atomic E-state index is 13.6. The highest BCUT2D eigenvalue weighted by Gasteiger charge is 2.29. The van der Waals surface area contributed by atoms with Crippen LogP contribution in [0.25, 0.3) is 22.2 Å². The molecule has 0 saturated carbocycles. The second kappa shape index (κ2) is 6.55. The van der Waals surface area contributed by atoms with Crippen molar-refractivity contribution in [3.8, 4) is 11.3 Å². The molecule has 0 bridgehead atoms. The normalized spacial score (nSPS) is 11.8. The summed E-state index contributed by atoms with van der Waals surface area (Å²) in [4.78, 5) is 0.514. The van der Waals surface area contributed by atoms with Crippen molar-refractivity contribution in [3.63, 3.8) is 0 Å². The van der Waals surface area contributed by atoms with Crippen LogP contribution >= 0.6 is 15.9 Å². The minimum atomic E-state index is -3.77. The Balaban J connectivity index is 2.10. The Labute approximate surface area is 166 Å². The Kier molecular flexibility index (Phi) is 4.32. The van der Waals surface area contributed by atoms with Gasteiger partial charge in [-0.1, -0.05) is 48.5 Å². The van der Waals surface area contributed by atoms with E-state index < -0.39 is 9.84 Å². The molecule has 4 rings (SSSR count). The van der Waals surface area contributed by atoms with E-state index in [1.165, 1.54) is 0 Å². The van der Waals surface area contributed by atoms with E-state index >= 15 is 0 Å². The number of aromatic nitrogens is 1. The maximum atomic E-state index is 13.6. The molecule has 6 heteroatoms. The summed E-state index contributed by atoms with van der Waals surface area (Å²) in [7, 11) is -1.88. The van der Waals surface area contributed by atoms with Crippen molar-refractivity contribution in [2.24, 2.45) is 7.05 Å². The van der Waals surface area contributed by atoms with E-state index in [2.05, 4.69) is 15.9 Å². The number of hydrogen-bond donors (Lipinski definition) is 1. The van der Waals surface area contributed by atoms with E-state index in [0.717, 1.165) is 11.1 Å². The van der Waals surface area contributed by atoms with Gasteiger partial charge in [-0.2, -0.15) is 0 Å². The lowest BCUT2D eigenvalue weighted by Gasteiger charge is -2.10. The third kappa shape index (κ3) is 2.85. The van der Waals surface area contributed by atoms with Gasteiger partial charge in [-0.05, 0) is 45.8 Å². The molecule has 1 aromatic heterocycles. The number of hydrogen-bond acceptors (Lipinski definition) is 3. The quantitative estimate of drug-likeness (QED) is 0.454. The number of nitrogens with zero attached hydrogens (tertiary/aromatic N) is 1. The number of aryl methyl sites for hydroxylation is 1. The van der Waals surface area contributed by atoms with Crippen LogP contribution in [0.5, 0.6) is 0 Å². The standard InChI is InChI=1S/C21H17BrN2O2S/c1-24-19-10-6-5-9-16(19)21(20(24)14-7-3-2-4-8-14)27(25,26)15-11-12-18(23)17(22)13-15/h2-13H,23H2,1H3. The topological polar surface area (TPSA) is 65.1 Å². The molecule has 0 aliphatic heterocycles. The van der Waals surface area contributed by atoms with Crippen LogP contribution in [-0.4, -0.2) is 13.0 Å². The summed E-state index contributed by atoms with van der Waals surface area (Å²) >= 11 is 3.33. The number of nitrogens with two attached hydrogens (primary N) is 1. The molecular formula is C21H17BrN2O2S. The zero-order valence-corrected chi connectivity index (χ0v) is 17.0. The van der Waals surface area contributed by atoms with Gasteiger partial charge in [-0.25, -0.2) is 8.42 Å². The lowest BCUT2D eigenvalue weighted by atomic mass is 10.1. The van der Waals surface area contributed by atoms with Gasteiger partial charge >= 0.3 is 0 Å². The molecule has 0 aliphatic rings. The first-order valence-electron chi connectivity index (χ1n) is 8.34. The molecule has 4 aromatic rings. The minimum Gasteiger partial charge on any atom is -0.398 e. The highest BCUT2D eigenvalue weighted by atomic mass is 79.9. The summed E-state index contributed by atoms with van der Waals surface area (Å²) < 4.78 is 29.8. The van der Waals surface area contributed by atoms with E-state index in [-0.39, 0.29) is 4.90 Å². The average molecular weight is 441 g/mol. The van der Waals surface area contributed by atoms with Gasteiger partial charge < -0.3 is 10.3 Å². The van der Waals surface area contributed by atoms with E-state index in [0.29, 0.717) is 26.1 Å². The fourth-order valence-electron chi connectivity index (χ4n) is 3.34. The predicted molar refractivity (Wildman–Crippen MR) is 112 cm³/mol. The van der Waals surface area contributed by atoms with Gasteiger partial charge in [0.2, 0.25) is 9.84 Å². The molecule has 3 aromatic carbocycles. The maximum Gasteiger partial charge on any atom is 0.209 e. The summed E-state index contributed by atoms with van der Waals surface area (Å²) in [5, 5.41) is 0.701. The zero-order chi connectivity index (χ0) is 19.2. The van der Waals surface area contributed by atoms with Crippen LogP contribution in [0.3, 0.4) is 0 Å². The zero-order valence-electron chi connectivity index (χ0n) is 14.6. The van der Waals surface area contributed by atoms with Crippen molar-refractivity contribution in [1.82, 2.24) is 4.57 Å². The van der Waals surface area contributed by atoms with Crippen LogP contribution in [0.15, 0.2) is 87.1 Å². The molecule has 0 fully saturated rings. The Hall–Kier alpha value is -2.57. The van der Waals surface area contributed by atoms with Crippen molar-refractivity contribution in [2.75, 3.05) is 5.73 Å². The van der Waals surface area contributed by atoms with Crippen LogP contribution < -0.4 is 5.73 Å². The fraction of sp³-hybridized carbons (Fsp3) is 0.0476. The third-order valence-corrected chi connectivity index (χ3v) is 7.17. The summed E-state index contributed by atoms with van der Waals surface area (Å²) in [6.07, 6.45) is 0. The monoisotopic (exact) mass is 440 g/mol. The number of benzene rings is 3. The molecule has 0 aliphatic carbocycles. The molecule has 1 heterocycles. The van der Waals surface area contributed by atoms with Gasteiger partial charge in [-0.15, -0.1) is 0 Å². The third-order valence-electron chi connectivity index (χ3n) is 4.66. The average Bonchev–Trinajstić information content (AvgIpc) is 2.98. The molecule has 0 atom stereocenters. The smallest absolute Gasteiger partial charge is 0.209 e. The summed E-state index contributed by atoms with van der Waals surface area (Å²) in [6.45, 7) is 0. The van der Waals surface area contributed by atoms with Crippen LogP contribution in [-0.2, 0) is 16.9 Å². The number of para-hydroxylation sites is 1. The van der Waals surface area contributed by atoms with Crippen LogP contribution in [0, 0.1) is 0 Å². The molecule has 0 spiro atoms. The predicted octanol–water partition coefficient (Wildman–Crippen LogP) is 5.02. The molecular weight excluding hydrogens is 424 g/mol. The van der Waals surface area contributed by atoms with Crippen molar-refractivity contribution >= 4 is 42.4 Å². The van der Waals surface area contributed by atoms with E-state index in [1.54, 1.807) is 18.2 Å². The van der Waals surface area contributed by atoms with Crippen molar-refractivity contribution in [2.45, 2.75) is 9.79 Å². The minimum absolute atomic E-state index is 0.206. The lowest BCUT2D eigenvalue weighted by Crippen LogP contribution is -2.05. The van der Waals surface area contributed by atoms with Crippen LogP contribution in [0.2, 0.25) is 0 Å². The van der Waals surface area contributed by atoms with Crippen molar-refractivity contribution in [1.29, 1.82) is 0 Å². The number of sulfone groups is 1. The second-order valence-electron chi connectivity index (χ2n) is 6.31. The SMILES string of the molecule is Cn1c(-c2ccccc2)c(S(=O)(=O)c2ccc(N)c(Br)c2)c2ccccc21. The molecule has 0 saturated heterocycles. The Morgan fingerprint density at radius 3 is 2.30 bits per heavy atom. The summed E-state index contributed by atoms with van der Waals surface area (Å²) in [6, 6.07) is 21.8. The van der Waals surface area contributed by atoms with E-state index in [4.69, 9.17) is 5.73 Å². The van der Waals surface area contributed by atoms with Gasteiger partial charge in [-0.3, -0.25) is 0 Å². The van der Waals surface area contributed by atoms with Gasteiger partial charge in [0.1, 0.15) is 4.90 Å². The van der Waals surface area contributed by atoms with Crippen molar-refractivity contribution in [3.05, 3.63) is 77.3 Å². The number of rotatable bonds is 3. The highest BCUT2D eigenvalue weighted by molar-refractivity contribution is 9.10. The number of anilines is 1. The molecule has 4 nitrogen and oxygen atoms in total. The van der Waals surface area contributed by atoms with E-state index in [9.17, 15) is 8.42 Å². The molecule has 27 heavy (non-hydrogen) atoms. The lowest BCUT2D eigenvalue weighted by molar-refractivity contribution is 0.597. The summed E-state index contributed by atoms with van der Waals surface area (Å²) in [5.74, 6) is 0.